The van der Waals surface area contributed by atoms with Crippen LogP contribution in [0.5, 0.6) is 5.75 Å². The lowest BCUT2D eigenvalue weighted by molar-refractivity contribution is 0.0980. The van der Waals surface area contributed by atoms with E-state index in [4.69, 9.17) is 10.5 Å². The van der Waals surface area contributed by atoms with E-state index in [1.165, 1.54) is 0 Å². The van der Waals surface area contributed by atoms with Gasteiger partial charge in [0.15, 0.2) is 0 Å². The number of hydrogen-bond acceptors (Lipinski definition) is 3. The van der Waals surface area contributed by atoms with Crippen LogP contribution < -0.4 is 15.4 Å². The lowest BCUT2D eigenvalue weighted by Gasteiger charge is -2.22. The molecule has 124 valence electrons. The third kappa shape index (κ3) is 2.97. The number of carbonyl (C=O) groups excluding carboxylic acids is 2. The minimum absolute atomic E-state index is 0.107. The highest BCUT2D eigenvalue weighted by molar-refractivity contribution is 6.07. The van der Waals surface area contributed by atoms with Gasteiger partial charge in [0, 0.05) is 17.7 Å². The first-order valence-electron chi connectivity index (χ1n) is 7.93. The largest absolute Gasteiger partial charge is 0.491 e. The van der Waals surface area contributed by atoms with E-state index in [-0.39, 0.29) is 5.91 Å². The molecule has 1 aliphatic heterocycles. The molecule has 5 nitrogen and oxygen atoms in total. The van der Waals surface area contributed by atoms with E-state index < -0.39 is 5.91 Å². The second kappa shape index (κ2) is 6.35. The molecule has 2 aromatic carbocycles. The minimum Gasteiger partial charge on any atom is -0.491 e. The monoisotopic (exact) mass is 324 g/mol. The first-order chi connectivity index (χ1) is 11.5. The number of carbonyl (C=O) groups is 2. The zero-order valence-electron chi connectivity index (χ0n) is 13.8. The maximum absolute atomic E-state index is 13.0. The number of benzene rings is 2. The highest BCUT2D eigenvalue weighted by atomic mass is 16.5. The van der Waals surface area contributed by atoms with Gasteiger partial charge in [-0.1, -0.05) is 6.07 Å². The van der Waals surface area contributed by atoms with Gasteiger partial charge in [0.1, 0.15) is 5.75 Å². The summed E-state index contributed by atoms with van der Waals surface area (Å²) in [4.78, 5) is 26.1. The van der Waals surface area contributed by atoms with E-state index in [0.717, 1.165) is 23.4 Å². The van der Waals surface area contributed by atoms with Gasteiger partial charge in [-0.3, -0.25) is 9.59 Å². The number of ether oxygens (including phenoxy) is 1. The van der Waals surface area contributed by atoms with E-state index in [1.807, 2.05) is 25.1 Å². The third-order valence-corrected chi connectivity index (χ3v) is 4.17. The van der Waals surface area contributed by atoms with Crippen molar-refractivity contribution in [2.24, 2.45) is 5.73 Å². The van der Waals surface area contributed by atoms with Crippen molar-refractivity contribution >= 4 is 17.5 Å². The number of nitrogens with two attached hydrogens (primary N) is 1. The molecule has 1 aliphatic rings. The van der Waals surface area contributed by atoms with Crippen molar-refractivity contribution in [3.8, 4) is 5.75 Å². The fourth-order valence-electron chi connectivity index (χ4n) is 2.93. The first-order valence-corrected chi connectivity index (χ1v) is 7.93. The van der Waals surface area contributed by atoms with Crippen molar-refractivity contribution in [2.75, 3.05) is 18.1 Å². The molecular weight excluding hydrogens is 304 g/mol. The topological polar surface area (TPSA) is 72.6 Å². The Labute approximate surface area is 141 Å². The number of nitrogens with zero attached hydrogens (tertiary/aromatic N) is 1. The molecule has 5 heteroatoms. The van der Waals surface area contributed by atoms with Crippen LogP contribution in [0.4, 0.5) is 5.69 Å². The number of aryl methyl sites for hydroxylation is 2. The number of primary amides is 1. The highest BCUT2D eigenvalue weighted by Crippen LogP contribution is 2.33. The maximum atomic E-state index is 13.0. The summed E-state index contributed by atoms with van der Waals surface area (Å²) in [5.41, 5.74) is 8.86. The summed E-state index contributed by atoms with van der Waals surface area (Å²) in [6.07, 6.45) is 0.762. The lowest BCUT2D eigenvalue weighted by atomic mass is 10.0. The number of fused-ring (bicyclic) bond motifs is 1. The SMILES string of the molecule is Cc1ccc2c(c1)OCCCN2C(=O)c1ccc(C(N)=O)c(C)c1. The van der Waals surface area contributed by atoms with Crippen LogP contribution in [0.1, 0.15) is 38.3 Å². The van der Waals surface area contributed by atoms with Crippen molar-refractivity contribution in [3.05, 3.63) is 58.7 Å². The van der Waals surface area contributed by atoms with Gasteiger partial charge in [0.2, 0.25) is 5.91 Å². The predicted molar refractivity (Wildman–Crippen MR) is 92.7 cm³/mol. The molecule has 3 rings (SSSR count). The molecule has 2 aromatic rings. The van der Waals surface area contributed by atoms with Crippen LogP contribution in [0.3, 0.4) is 0 Å². The molecule has 0 saturated carbocycles. The first kappa shape index (κ1) is 16.1. The second-order valence-corrected chi connectivity index (χ2v) is 6.02. The number of hydrogen-bond donors (Lipinski definition) is 1. The fraction of sp³-hybridized carbons (Fsp3) is 0.263. The Hall–Kier alpha value is -2.82. The Kier molecular flexibility index (Phi) is 4.25. The van der Waals surface area contributed by atoms with E-state index >= 15 is 0 Å². The fourth-order valence-corrected chi connectivity index (χ4v) is 2.93. The maximum Gasteiger partial charge on any atom is 0.258 e. The van der Waals surface area contributed by atoms with Gasteiger partial charge in [-0.15, -0.1) is 0 Å². The zero-order chi connectivity index (χ0) is 17.3. The Bertz CT molecular complexity index is 814. The van der Waals surface area contributed by atoms with E-state index in [1.54, 1.807) is 30.0 Å². The normalized spacial score (nSPS) is 13.7. The molecule has 0 saturated heterocycles. The van der Waals surface area contributed by atoms with Crippen LogP contribution in [0.25, 0.3) is 0 Å². The molecule has 0 aromatic heterocycles. The smallest absolute Gasteiger partial charge is 0.258 e. The quantitative estimate of drug-likeness (QED) is 0.923. The van der Waals surface area contributed by atoms with Crippen LogP contribution in [0, 0.1) is 13.8 Å². The van der Waals surface area contributed by atoms with Gasteiger partial charge in [-0.25, -0.2) is 0 Å². The summed E-state index contributed by atoms with van der Waals surface area (Å²) in [6, 6.07) is 10.8. The minimum atomic E-state index is -0.490. The molecule has 0 aliphatic carbocycles. The summed E-state index contributed by atoms with van der Waals surface area (Å²) < 4.78 is 5.76. The van der Waals surface area contributed by atoms with Gasteiger partial charge in [-0.05, 0) is 61.7 Å². The summed E-state index contributed by atoms with van der Waals surface area (Å²) in [7, 11) is 0. The zero-order valence-corrected chi connectivity index (χ0v) is 13.8. The molecule has 0 atom stereocenters. The van der Waals surface area contributed by atoms with Gasteiger partial charge in [0.05, 0.1) is 12.3 Å². The summed E-state index contributed by atoms with van der Waals surface area (Å²) in [6.45, 7) is 4.94. The predicted octanol–water partition coefficient (Wildman–Crippen LogP) is 2.83. The van der Waals surface area contributed by atoms with Crippen molar-refractivity contribution < 1.29 is 14.3 Å². The van der Waals surface area contributed by atoms with E-state index in [9.17, 15) is 9.59 Å². The molecule has 0 spiro atoms. The molecule has 1 heterocycles. The standard InChI is InChI=1S/C19H20N2O3/c1-12-4-7-16-17(10-12)24-9-3-8-21(16)19(23)14-5-6-15(18(20)22)13(2)11-14/h4-7,10-11H,3,8-9H2,1-2H3,(H2,20,22). The number of anilines is 1. The molecule has 24 heavy (non-hydrogen) atoms. The van der Waals surface area contributed by atoms with Gasteiger partial charge in [-0.2, -0.15) is 0 Å². The van der Waals surface area contributed by atoms with E-state index in [2.05, 4.69) is 0 Å². The van der Waals surface area contributed by atoms with Crippen LogP contribution >= 0.6 is 0 Å². The van der Waals surface area contributed by atoms with Crippen molar-refractivity contribution in [1.29, 1.82) is 0 Å². The van der Waals surface area contributed by atoms with Gasteiger partial charge < -0.3 is 15.4 Å². The van der Waals surface area contributed by atoms with Crippen molar-refractivity contribution in [1.82, 2.24) is 0 Å². The Morgan fingerprint density at radius 3 is 2.62 bits per heavy atom. The number of rotatable bonds is 2. The van der Waals surface area contributed by atoms with Crippen LogP contribution in [-0.4, -0.2) is 25.0 Å². The Balaban J connectivity index is 1.98. The Morgan fingerprint density at radius 1 is 1.12 bits per heavy atom. The average Bonchev–Trinajstić information content (AvgIpc) is 2.75. The van der Waals surface area contributed by atoms with Crippen LogP contribution in [0.15, 0.2) is 36.4 Å². The number of amides is 2. The lowest BCUT2D eigenvalue weighted by Crippen LogP contribution is -2.31. The second-order valence-electron chi connectivity index (χ2n) is 6.02. The summed E-state index contributed by atoms with van der Waals surface area (Å²) >= 11 is 0. The molecule has 2 amide bonds. The van der Waals surface area contributed by atoms with Crippen molar-refractivity contribution in [2.45, 2.75) is 20.3 Å². The Morgan fingerprint density at radius 2 is 1.92 bits per heavy atom. The average molecular weight is 324 g/mol. The highest BCUT2D eigenvalue weighted by Gasteiger charge is 2.24. The molecule has 0 unspecified atom stereocenters. The molecular formula is C19H20N2O3. The van der Waals surface area contributed by atoms with Gasteiger partial charge in [0.25, 0.3) is 5.91 Å². The van der Waals surface area contributed by atoms with E-state index in [0.29, 0.717) is 29.8 Å². The summed E-state index contributed by atoms with van der Waals surface area (Å²) in [5.74, 6) is 0.131. The van der Waals surface area contributed by atoms with Gasteiger partial charge >= 0.3 is 0 Å². The molecule has 0 radical (unpaired) electrons. The molecule has 0 bridgehead atoms. The summed E-state index contributed by atoms with van der Waals surface area (Å²) in [5, 5.41) is 0. The molecule has 0 fully saturated rings. The van der Waals surface area contributed by atoms with Crippen molar-refractivity contribution in [3.63, 3.8) is 0 Å². The van der Waals surface area contributed by atoms with Crippen LogP contribution in [-0.2, 0) is 0 Å². The van der Waals surface area contributed by atoms with Crippen LogP contribution in [0.2, 0.25) is 0 Å². The third-order valence-electron chi connectivity index (χ3n) is 4.17. The molecule has 2 N–H and O–H groups in total.